The summed E-state index contributed by atoms with van der Waals surface area (Å²) < 4.78 is 5.44. The highest BCUT2D eigenvalue weighted by molar-refractivity contribution is 5.93. The van der Waals surface area contributed by atoms with E-state index in [1.54, 1.807) is 24.3 Å². The Bertz CT molecular complexity index is 1260. The highest BCUT2D eigenvalue weighted by Gasteiger charge is 2.31. The van der Waals surface area contributed by atoms with Crippen molar-refractivity contribution < 1.29 is 29.0 Å². The van der Waals surface area contributed by atoms with Crippen LogP contribution in [-0.2, 0) is 25.5 Å². The van der Waals surface area contributed by atoms with Gasteiger partial charge in [0.2, 0.25) is 11.8 Å². The molecule has 0 spiro atoms. The van der Waals surface area contributed by atoms with Crippen molar-refractivity contribution >= 4 is 23.9 Å². The monoisotopic (exact) mass is 501 g/mol. The Morgan fingerprint density at radius 3 is 1.95 bits per heavy atom. The molecule has 9 nitrogen and oxygen atoms in total. The quantitative estimate of drug-likeness (QED) is 0.336. The van der Waals surface area contributed by atoms with E-state index in [1.807, 2.05) is 54.6 Å². The van der Waals surface area contributed by atoms with Crippen LogP contribution in [0.4, 0.5) is 4.79 Å². The SMILES string of the molecule is NC(=O)[C@@H](Cc1ccccc1)NC(=O)[C@@H](CC(=O)O)NC(=O)OCC1c2ccccc2-c2ccccc21. The molecule has 1 aliphatic carbocycles. The first-order valence-corrected chi connectivity index (χ1v) is 11.8. The summed E-state index contributed by atoms with van der Waals surface area (Å²) in [6.07, 6.45) is -1.53. The Morgan fingerprint density at radius 1 is 0.811 bits per heavy atom. The first-order chi connectivity index (χ1) is 17.8. The summed E-state index contributed by atoms with van der Waals surface area (Å²) in [5, 5.41) is 14.1. The maximum atomic E-state index is 12.9. The highest BCUT2D eigenvalue weighted by Crippen LogP contribution is 2.44. The third-order valence-electron chi connectivity index (χ3n) is 6.27. The van der Waals surface area contributed by atoms with Crippen LogP contribution in [0.3, 0.4) is 0 Å². The van der Waals surface area contributed by atoms with E-state index in [4.69, 9.17) is 10.5 Å². The van der Waals surface area contributed by atoms with E-state index in [0.717, 1.165) is 27.8 Å². The Labute approximate surface area is 213 Å². The summed E-state index contributed by atoms with van der Waals surface area (Å²) in [5.41, 5.74) is 10.4. The molecule has 3 aromatic carbocycles. The number of hydrogen-bond acceptors (Lipinski definition) is 5. The second-order valence-corrected chi connectivity index (χ2v) is 8.77. The Morgan fingerprint density at radius 2 is 1.38 bits per heavy atom. The van der Waals surface area contributed by atoms with Crippen LogP contribution >= 0.6 is 0 Å². The van der Waals surface area contributed by atoms with Gasteiger partial charge in [-0.25, -0.2) is 4.79 Å². The lowest BCUT2D eigenvalue weighted by Crippen LogP contribution is -2.54. The molecule has 1 aliphatic rings. The Hall–Kier alpha value is -4.66. The standard InChI is InChI=1S/C28H27N3O6/c29-26(34)23(14-17-8-2-1-3-9-17)30-27(35)24(15-25(32)33)31-28(36)37-16-22-20-12-6-4-10-18(20)19-11-5-7-13-21(19)22/h1-13,22-24H,14-16H2,(H2,29,34)(H,30,35)(H,31,36)(H,32,33)/t23-,24-/m1/s1. The van der Waals surface area contributed by atoms with Gasteiger partial charge in [0.15, 0.2) is 0 Å². The van der Waals surface area contributed by atoms with Gasteiger partial charge in [0, 0.05) is 12.3 Å². The van der Waals surface area contributed by atoms with E-state index in [-0.39, 0.29) is 18.9 Å². The number of nitrogens with one attached hydrogen (secondary N) is 2. The van der Waals surface area contributed by atoms with Gasteiger partial charge in [-0.3, -0.25) is 14.4 Å². The number of carbonyl (C=O) groups excluding carboxylic acids is 3. The summed E-state index contributed by atoms with van der Waals surface area (Å²) in [6, 6.07) is 22.0. The molecule has 0 aliphatic heterocycles. The topological polar surface area (TPSA) is 148 Å². The molecule has 0 bridgehead atoms. The van der Waals surface area contributed by atoms with E-state index < -0.39 is 42.4 Å². The summed E-state index contributed by atoms with van der Waals surface area (Å²) in [6.45, 7) is -0.000805. The predicted molar refractivity (Wildman–Crippen MR) is 136 cm³/mol. The number of primary amides is 1. The smallest absolute Gasteiger partial charge is 0.407 e. The normalized spacial score (nSPS) is 13.5. The van der Waals surface area contributed by atoms with Gasteiger partial charge in [-0.2, -0.15) is 0 Å². The molecule has 0 fully saturated rings. The van der Waals surface area contributed by atoms with Crippen molar-refractivity contribution in [2.45, 2.75) is 30.8 Å². The number of hydrogen-bond donors (Lipinski definition) is 4. The molecule has 3 amide bonds. The molecule has 37 heavy (non-hydrogen) atoms. The van der Waals surface area contributed by atoms with E-state index in [2.05, 4.69) is 10.6 Å². The Balaban J connectivity index is 1.41. The lowest BCUT2D eigenvalue weighted by molar-refractivity contribution is -0.140. The first-order valence-electron chi connectivity index (χ1n) is 11.8. The van der Waals surface area contributed by atoms with Gasteiger partial charge in [0.05, 0.1) is 6.42 Å². The Kier molecular flexibility index (Phi) is 7.83. The van der Waals surface area contributed by atoms with Crippen molar-refractivity contribution in [3.05, 3.63) is 95.6 Å². The molecular formula is C28H27N3O6. The highest BCUT2D eigenvalue weighted by atomic mass is 16.5. The number of alkyl carbamates (subject to hydrolysis) is 1. The second kappa shape index (κ2) is 11.4. The van der Waals surface area contributed by atoms with Crippen LogP contribution in [0.5, 0.6) is 0 Å². The molecule has 0 aromatic heterocycles. The molecule has 0 saturated heterocycles. The van der Waals surface area contributed by atoms with Crippen LogP contribution in [-0.4, -0.2) is 47.7 Å². The number of nitrogens with two attached hydrogens (primary N) is 1. The average Bonchev–Trinajstić information content (AvgIpc) is 3.20. The lowest BCUT2D eigenvalue weighted by Gasteiger charge is -2.21. The molecule has 3 aromatic rings. The molecule has 0 unspecified atom stereocenters. The minimum absolute atomic E-state index is 0.000805. The fourth-order valence-electron chi connectivity index (χ4n) is 4.51. The first kappa shape index (κ1) is 25.4. The van der Waals surface area contributed by atoms with Crippen LogP contribution in [0, 0.1) is 0 Å². The third kappa shape index (κ3) is 6.13. The zero-order chi connectivity index (χ0) is 26.4. The van der Waals surface area contributed by atoms with Gasteiger partial charge in [-0.1, -0.05) is 78.9 Å². The van der Waals surface area contributed by atoms with Crippen molar-refractivity contribution in [3.8, 4) is 11.1 Å². The van der Waals surface area contributed by atoms with Crippen LogP contribution < -0.4 is 16.4 Å². The summed E-state index contributed by atoms with van der Waals surface area (Å²) in [7, 11) is 0. The number of rotatable bonds is 10. The van der Waals surface area contributed by atoms with Crippen LogP contribution in [0.15, 0.2) is 78.9 Å². The molecule has 2 atom stereocenters. The largest absolute Gasteiger partial charge is 0.481 e. The van der Waals surface area contributed by atoms with Crippen molar-refractivity contribution in [3.63, 3.8) is 0 Å². The van der Waals surface area contributed by atoms with E-state index in [0.29, 0.717) is 0 Å². The number of aliphatic carboxylic acids is 1. The second-order valence-electron chi connectivity index (χ2n) is 8.77. The van der Waals surface area contributed by atoms with E-state index in [1.165, 1.54) is 0 Å². The fourth-order valence-corrected chi connectivity index (χ4v) is 4.51. The van der Waals surface area contributed by atoms with Crippen LogP contribution in [0.2, 0.25) is 0 Å². The van der Waals surface area contributed by atoms with Gasteiger partial charge >= 0.3 is 12.1 Å². The van der Waals surface area contributed by atoms with Crippen molar-refractivity contribution in [2.75, 3.05) is 6.61 Å². The number of ether oxygens (including phenoxy) is 1. The van der Waals surface area contributed by atoms with Crippen LogP contribution in [0.1, 0.15) is 29.0 Å². The molecular weight excluding hydrogens is 474 g/mol. The van der Waals surface area contributed by atoms with Crippen molar-refractivity contribution in [1.82, 2.24) is 10.6 Å². The molecule has 4 rings (SSSR count). The molecule has 9 heteroatoms. The number of carbonyl (C=O) groups is 4. The van der Waals surface area contributed by atoms with Gasteiger partial charge in [0.1, 0.15) is 18.7 Å². The minimum Gasteiger partial charge on any atom is -0.481 e. The van der Waals surface area contributed by atoms with Gasteiger partial charge < -0.3 is 26.2 Å². The van der Waals surface area contributed by atoms with Gasteiger partial charge in [0.25, 0.3) is 0 Å². The number of carboxylic acids is 1. The summed E-state index contributed by atoms with van der Waals surface area (Å²) in [5.74, 6) is -3.14. The van der Waals surface area contributed by atoms with E-state index >= 15 is 0 Å². The number of amides is 3. The molecule has 0 radical (unpaired) electrons. The van der Waals surface area contributed by atoms with Crippen molar-refractivity contribution in [1.29, 1.82) is 0 Å². The molecule has 0 saturated carbocycles. The number of carboxylic acid groups (broad SMARTS) is 1. The average molecular weight is 502 g/mol. The summed E-state index contributed by atoms with van der Waals surface area (Å²) in [4.78, 5) is 48.8. The molecule has 190 valence electrons. The summed E-state index contributed by atoms with van der Waals surface area (Å²) >= 11 is 0. The third-order valence-corrected chi connectivity index (χ3v) is 6.27. The van der Waals surface area contributed by atoms with Gasteiger partial charge in [-0.05, 0) is 27.8 Å². The maximum Gasteiger partial charge on any atom is 0.407 e. The molecule has 0 heterocycles. The van der Waals surface area contributed by atoms with E-state index in [9.17, 15) is 24.3 Å². The lowest BCUT2D eigenvalue weighted by atomic mass is 9.98. The predicted octanol–water partition coefficient (Wildman–Crippen LogP) is 2.58. The molecule has 5 N–H and O–H groups in total. The fraction of sp³-hybridized carbons (Fsp3) is 0.214. The zero-order valence-corrected chi connectivity index (χ0v) is 19.9. The van der Waals surface area contributed by atoms with Crippen LogP contribution in [0.25, 0.3) is 11.1 Å². The number of fused-ring (bicyclic) bond motifs is 3. The van der Waals surface area contributed by atoms with Crippen molar-refractivity contribution in [2.24, 2.45) is 5.73 Å². The van der Waals surface area contributed by atoms with Gasteiger partial charge in [-0.15, -0.1) is 0 Å². The minimum atomic E-state index is -1.47. The zero-order valence-electron chi connectivity index (χ0n) is 19.9. The number of benzene rings is 3. The maximum absolute atomic E-state index is 12.9.